The minimum Gasteiger partial charge on any atom is -0.367 e. The molecule has 42 valence electrons. The molecule has 0 spiro atoms. The first-order chi connectivity index (χ1) is 3.17. The second-order valence-electron chi connectivity index (χ2n) is 2.62. The van der Waals surface area contributed by atoms with Crippen LogP contribution in [0.2, 0.25) is 0 Å². The van der Waals surface area contributed by atoms with Crippen molar-refractivity contribution in [2.45, 2.75) is 38.9 Å². The van der Waals surface area contributed by atoms with Gasteiger partial charge < -0.3 is 4.74 Å². The third-order valence-electron chi connectivity index (χ3n) is 1.53. The Morgan fingerprint density at radius 2 is 2.00 bits per heavy atom. The molecule has 0 aliphatic carbocycles. The van der Waals surface area contributed by atoms with Gasteiger partial charge >= 0.3 is 0 Å². The summed E-state index contributed by atoms with van der Waals surface area (Å²) in [7, 11) is 0. The first kappa shape index (κ1) is 5.10. The molecule has 1 heterocycles. The molecule has 1 fully saturated rings. The van der Waals surface area contributed by atoms with Gasteiger partial charge in [-0.15, -0.1) is 0 Å². The number of hydrogen-bond acceptors (Lipinski definition) is 1. The molecule has 7 heavy (non-hydrogen) atoms. The van der Waals surface area contributed by atoms with Gasteiger partial charge in [-0.25, -0.2) is 0 Å². The first-order valence-corrected chi connectivity index (χ1v) is 2.84. The highest BCUT2D eigenvalue weighted by atomic mass is 16.6. The summed E-state index contributed by atoms with van der Waals surface area (Å²) >= 11 is 0. The quantitative estimate of drug-likeness (QED) is 0.456. The molecular weight excluding hydrogens is 88.1 g/mol. The minimum atomic E-state index is 0.217. The largest absolute Gasteiger partial charge is 0.367 e. The molecule has 0 amide bonds. The van der Waals surface area contributed by atoms with Gasteiger partial charge in [-0.2, -0.15) is 0 Å². The SMILES string of the molecule is CCC1OC1(C)C. The minimum absolute atomic E-state index is 0.217. The van der Waals surface area contributed by atoms with Gasteiger partial charge in [0.1, 0.15) is 0 Å². The summed E-state index contributed by atoms with van der Waals surface area (Å²) < 4.78 is 5.25. The molecule has 1 atom stereocenters. The fourth-order valence-electron chi connectivity index (χ4n) is 0.908. The lowest BCUT2D eigenvalue weighted by atomic mass is 10.1. The van der Waals surface area contributed by atoms with Crippen LogP contribution in [-0.2, 0) is 4.74 Å². The predicted octanol–water partition coefficient (Wildman–Crippen LogP) is 1.57. The monoisotopic (exact) mass is 100 g/mol. The van der Waals surface area contributed by atoms with Crippen LogP contribution in [0, 0.1) is 0 Å². The van der Waals surface area contributed by atoms with Gasteiger partial charge in [0.05, 0.1) is 11.7 Å². The zero-order valence-corrected chi connectivity index (χ0v) is 5.19. The highest BCUT2D eigenvalue weighted by Gasteiger charge is 2.45. The Kier molecular flexibility index (Phi) is 0.890. The smallest absolute Gasteiger partial charge is 0.0892 e. The van der Waals surface area contributed by atoms with E-state index >= 15 is 0 Å². The Hall–Kier alpha value is -0.0400. The Morgan fingerprint density at radius 3 is 2.00 bits per heavy atom. The summed E-state index contributed by atoms with van der Waals surface area (Å²) in [6, 6.07) is 0. The van der Waals surface area contributed by atoms with Gasteiger partial charge in [0.15, 0.2) is 0 Å². The number of hydrogen-bond donors (Lipinski definition) is 0. The van der Waals surface area contributed by atoms with Gasteiger partial charge in [-0.1, -0.05) is 6.92 Å². The van der Waals surface area contributed by atoms with E-state index < -0.39 is 0 Å². The van der Waals surface area contributed by atoms with Crippen molar-refractivity contribution in [3.05, 3.63) is 0 Å². The van der Waals surface area contributed by atoms with Crippen molar-refractivity contribution < 1.29 is 4.74 Å². The maximum Gasteiger partial charge on any atom is 0.0892 e. The second kappa shape index (κ2) is 1.22. The highest BCUT2D eigenvalue weighted by molar-refractivity contribution is 4.93. The van der Waals surface area contributed by atoms with Crippen LogP contribution in [0.4, 0.5) is 0 Å². The zero-order chi connectivity index (χ0) is 5.49. The molecule has 0 N–H and O–H groups in total. The fourth-order valence-corrected chi connectivity index (χ4v) is 0.908. The van der Waals surface area contributed by atoms with Crippen molar-refractivity contribution in [3.63, 3.8) is 0 Å². The number of epoxide rings is 1. The van der Waals surface area contributed by atoms with Gasteiger partial charge in [0.2, 0.25) is 0 Å². The molecule has 1 aliphatic rings. The van der Waals surface area contributed by atoms with E-state index in [9.17, 15) is 0 Å². The van der Waals surface area contributed by atoms with Gasteiger partial charge in [-0.05, 0) is 20.3 Å². The van der Waals surface area contributed by atoms with E-state index in [4.69, 9.17) is 4.74 Å². The number of ether oxygens (including phenoxy) is 1. The summed E-state index contributed by atoms with van der Waals surface area (Å²) in [5.74, 6) is 0. The Balaban J connectivity index is 2.30. The summed E-state index contributed by atoms with van der Waals surface area (Å²) in [5.41, 5.74) is 0.217. The Bertz CT molecular complexity index is 76.2. The second-order valence-corrected chi connectivity index (χ2v) is 2.62. The molecule has 1 nitrogen and oxygen atoms in total. The molecule has 0 bridgehead atoms. The van der Waals surface area contributed by atoms with Gasteiger partial charge in [0.25, 0.3) is 0 Å². The third kappa shape index (κ3) is 0.778. The average Bonchev–Trinajstić information content (AvgIpc) is 2.13. The van der Waals surface area contributed by atoms with Crippen molar-refractivity contribution in [1.82, 2.24) is 0 Å². The van der Waals surface area contributed by atoms with E-state index in [0.717, 1.165) is 6.42 Å². The van der Waals surface area contributed by atoms with Crippen LogP contribution in [0.1, 0.15) is 27.2 Å². The van der Waals surface area contributed by atoms with E-state index in [-0.39, 0.29) is 5.60 Å². The van der Waals surface area contributed by atoms with Crippen molar-refractivity contribution in [3.8, 4) is 0 Å². The molecule has 0 aromatic carbocycles. The maximum atomic E-state index is 5.25. The van der Waals surface area contributed by atoms with Crippen molar-refractivity contribution in [2.75, 3.05) is 0 Å². The van der Waals surface area contributed by atoms with Crippen LogP contribution < -0.4 is 0 Å². The molecule has 0 aromatic heterocycles. The van der Waals surface area contributed by atoms with Gasteiger partial charge in [0, 0.05) is 0 Å². The lowest BCUT2D eigenvalue weighted by molar-refractivity contribution is 0.322. The molecule has 1 saturated heterocycles. The normalized spacial score (nSPS) is 35.6. The molecule has 1 heteroatoms. The molecular formula is C6H12O. The zero-order valence-electron chi connectivity index (χ0n) is 5.19. The standard InChI is InChI=1S/C6H12O/c1-4-5-6(2,3)7-5/h5H,4H2,1-3H3. The average molecular weight is 100 g/mol. The topological polar surface area (TPSA) is 12.5 Å². The van der Waals surface area contributed by atoms with Crippen molar-refractivity contribution in [1.29, 1.82) is 0 Å². The van der Waals surface area contributed by atoms with Crippen molar-refractivity contribution in [2.24, 2.45) is 0 Å². The Labute approximate surface area is 44.7 Å². The molecule has 0 saturated carbocycles. The molecule has 0 aromatic rings. The lowest BCUT2D eigenvalue weighted by Crippen LogP contribution is -2.00. The van der Waals surface area contributed by atoms with Crippen LogP contribution in [-0.4, -0.2) is 11.7 Å². The molecule has 1 aliphatic heterocycles. The lowest BCUT2D eigenvalue weighted by Gasteiger charge is -1.87. The van der Waals surface area contributed by atoms with Crippen LogP contribution >= 0.6 is 0 Å². The summed E-state index contributed by atoms with van der Waals surface area (Å²) in [6.45, 7) is 6.40. The Morgan fingerprint density at radius 1 is 1.57 bits per heavy atom. The fraction of sp³-hybridized carbons (Fsp3) is 1.00. The summed E-state index contributed by atoms with van der Waals surface area (Å²) in [4.78, 5) is 0. The first-order valence-electron chi connectivity index (χ1n) is 2.84. The summed E-state index contributed by atoms with van der Waals surface area (Å²) in [6.07, 6.45) is 1.71. The molecule has 1 unspecified atom stereocenters. The highest BCUT2D eigenvalue weighted by Crippen LogP contribution is 2.36. The van der Waals surface area contributed by atoms with E-state index in [1.807, 2.05) is 0 Å². The predicted molar refractivity (Wildman–Crippen MR) is 29.2 cm³/mol. The van der Waals surface area contributed by atoms with Crippen LogP contribution in [0.5, 0.6) is 0 Å². The maximum absolute atomic E-state index is 5.25. The van der Waals surface area contributed by atoms with E-state index in [0.29, 0.717) is 6.10 Å². The summed E-state index contributed by atoms with van der Waals surface area (Å²) in [5, 5.41) is 0. The van der Waals surface area contributed by atoms with Crippen LogP contribution in [0.15, 0.2) is 0 Å². The van der Waals surface area contributed by atoms with E-state index in [1.54, 1.807) is 0 Å². The number of rotatable bonds is 1. The van der Waals surface area contributed by atoms with Crippen LogP contribution in [0.3, 0.4) is 0 Å². The molecule has 1 rings (SSSR count). The van der Waals surface area contributed by atoms with E-state index in [1.165, 1.54) is 0 Å². The third-order valence-corrected chi connectivity index (χ3v) is 1.53. The van der Waals surface area contributed by atoms with Crippen LogP contribution in [0.25, 0.3) is 0 Å². The van der Waals surface area contributed by atoms with Crippen molar-refractivity contribution >= 4 is 0 Å². The van der Waals surface area contributed by atoms with Gasteiger partial charge in [-0.3, -0.25) is 0 Å². The molecule has 0 radical (unpaired) electrons. The van der Waals surface area contributed by atoms with E-state index in [2.05, 4.69) is 20.8 Å².